The molecule has 1 unspecified atom stereocenters. The molecule has 4 heteroatoms. The van der Waals surface area contributed by atoms with Gasteiger partial charge in [-0.2, -0.15) is 0 Å². The van der Waals surface area contributed by atoms with Crippen LogP contribution in [-0.2, 0) is 11.3 Å². The van der Waals surface area contributed by atoms with Gasteiger partial charge in [-0.1, -0.05) is 41.9 Å². The summed E-state index contributed by atoms with van der Waals surface area (Å²) in [4.78, 5) is 11.4. The third kappa shape index (κ3) is 4.11. The zero-order valence-corrected chi connectivity index (χ0v) is 11.8. The second-order valence-corrected chi connectivity index (χ2v) is 5.43. The van der Waals surface area contributed by atoms with Crippen molar-refractivity contribution in [1.29, 1.82) is 0 Å². The molecular formula is C13H17BrFNO. The van der Waals surface area contributed by atoms with E-state index in [9.17, 15) is 9.18 Å². The molecule has 1 amide bonds. The summed E-state index contributed by atoms with van der Waals surface area (Å²) in [5.41, 5.74) is 1.38. The van der Waals surface area contributed by atoms with E-state index in [2.05, 4.69) is 21.2 Å². The Hall–Kier alpha value is -0.900. The highest BCUT2D eigenvalue weighted by molar-refractivity contribution is 9.10. The maximum atomic E-state index is 13.3. The summed E-state index contributed by atoms with van der Waals surface area (Å²) < 4.78 is 13.3. The molecule has 94 valence electrons. The van der Waals surface area contributed by atoms with Gasteiger partial charge in [0, 0.05) is 6.54 Å². The first kappa shape index (κ1) is 14.2. The number of alkyl halides is 1. The first-order chi connectivity index (χ1) is 7.91. The van der Waals surface area contributed by atoms with E-state index in [1.807, 2.05) is 19.9 Å². The molecule has 1 aromatic carbocycles. The highest BCUT2D eigenvalue weighted by atomic mass is 79.9. The summed E-state index contributed by atoms with van der Waals surface area (Å²) in [6.07, 6.45) is 0. The number of halogens is 2. The summed E-state index contributed by atoms with van der Waals surface area (Å²) in [5.74, 6) is -0.0817. The highest BCUT2D eigenvalue weighted by Crippen LogP contribution is 2.13. The van der Waals surface area contributed by atoms with E-state index in [0.717, 1.165) is 5.56 Å². The Kier molecular flexibility index (Phi) is 5.12. The maximum absolute atomic E-state index is 13.3. The first-order valence-corrected chi connectivity index (χ1v) is 6.50. The van der Waals surface area contributed by atoms with Crippen molar-refractivity contribution >= 4 is 21.8 Å². The monoisotopic (exact) mass is 301 g/mol. The van der Waals surface area contributed by atoms with Crippen LogP contribution in [0.2, 0.25) is 0 Å². The molecule has 17 heavy (non-hydrogen) atoms. The summed E-state index contributed by atoms with van der Waals surface area (Å²) in [7, 11) is 0. The van der Waals surface area contributed by atoms with Crippen molar-refractivity contribution < 1.29 is 9.18 Å². The van der Waals surface area contributed by atoms with Crippen LogP contribution >= 0.6 is 15.9 Å². The molecule has 0 radical (unpaired) electrons. The van der Waals surface area contributed by atoms with Crippen molar-refractivity contribution in [2.45, 2.75) is 32.1 Å². The van der Waals surface area contributed by atoms with Gasteiger partial charge in [0.15, 0.2) is 0 Å². The van der Waals surface area contributed by atoms with Gasteiger partial charge in [-0.3, -0.25) is 4.79 Å². The highest BCUT2D eigenvalue weighted by Gasteiger charge is 2.17. The number of hydrogen-bond donors (Lipinski definition) is 1. The molecule has 0 heterocycles. The van der Waals surface area contributed by atoms with Crippen LogP contribution in [0.1, 0.15) is 25.0 Å². The van der Waals surface area contributed by atoms with Gasteiger partial charge in [0.1, 0.15) is 5.82 Å². The van der Waals surface area contributed by atoms with E-state index >= 15 is 0 Å². The normalized spacial score (nSPS) is 12.6. The Morgan fingerprint density at radius 2 is 2.12 bits per heavy atom. The fourth-order valence-electron chi connectivity index (χ4n) is 1.34. The van der Waals surface area contributed by atoms with Crippen LogP contribution in [0.5, 0.6) is 0 Å². The molecular weight excluding hydrogens is 285 g/mol. The molecule has 2 nitrogen and oxygen atoms in total. The van der Waals surface area contributed by atoms with Gasteiger partial charge in [0.25, 0.3) is 0 Å². The smallest absolute Gasteiger partial charge is 0.234 e. The summed E-state index contributed by atoms with van der Waals surface area (Å²) in [6, 6.07) is 4.98. The number of carbonyl (C=O) groups is 1. The first-order valence-electron chi connectivity index (χ1n) is 5.58. The number of nitrogens with one attached hydrogen (secondary N) is 1. The van der Waals surface area contributed by atoms with Crippen LogP contribution in [0, 0.1) is 18.7 Å². The molecule has 0 fully saturated rings. The van der Waals surface area contributed by atoms with Gasteiger partial charge in [0.2, 0.25) is 5.91 Å². The van der Waals surface area contributed by atoms with Crippen LogP contribution < -0.4 is 5.32 Å². The zero-order valence-electron chi connectivity index (χ0n) is 10.3. The molecule has 1 atom stereocenters. The minimum absolute atomic E-state index is 0.0685. The minimum atomic E-state index is -0.240. The Bertz CT molecular complexity index is 406. The number of hydrogen-bond acceptors (Lipinski definition) is 1. The van der Waals surface area contributed by atoms with E-state index in [4.69, 9.17) is 0 Å². The average Bonchev–Trinajstić information content (AvgIpc) is 2.29. The third-order valence-corrected chi connectivity index (χ3v) is 4.01. The lowest BCUT2D eigenvalue weighted by Gasteiger charge is -2.13. The van der Waals surface area contributed by atoms with Gasteiger partial charge < -0.3 is 5.32 Å². The lowest BCUT2D eigenvalue weighted by atomic mass is 10.1. The van der Waals surface area contributed by atoms with Crippen LogP contribution in [-0.4, -0.2) is 10.7 Å². The van der Waals surface area contributed by atoms with E-state index in [1.54, 1.807) is 13.0 Å². The molecule has 0 aromatic heterocycles. The molecule has 0 saturated heterocycles. The van der Waals surface area contributed by atoms with Gasteiger partial charge in [-0.05, 0) is 30.0 Å². The van der Waals surface area contributed by atoms with E-state index in [1.165, 1.54) is 6.07 Å². The number of rotatable bonds is 4. The van der Waals surface area contributed by atoms with Crippen LogP contribution in [0.4, 0.5) is 4.39 Å². The van der Waals surface area contributed by atoms with Crippen molar-refractivity contribution in [3.8, 4) is 0 Å². The quantitative estimate of drug-likeness (QED) is 0.850. The molecule has 0 aliphatic heterocycles. The third-order valence-electron chi connectivity index (χ3n) is 2.54. The maximum Gasteiger partial charge on any atom is 0.234 e. The minimum Gasteiger partial charge on any atom is -0.351 e. The van der Waals surface area contributed by atoms with E-state index < -0.39 is 0 Å². The molecule has 1 aromatic rings. The lowest BCUT2D eigenvalue weighted by molar-refractivity contribution is -0.121. The van der Waals surface area contributed by atoms with E-state index in [-0.39, 0.29) is 22.5 Å². The predicted molar refractivity (Wildman–Crippen MR) is 70.5 cm³/mol. The van der Waals surface area contributed by atoms with Crippen LogP contribution in [0.25, 0.3) is 0 Å². The fourth-order valence-corrected chi connectivity index (χ4v) is 1.50. The zero-order chi connectivity index (χ0) is 13.0. The Balaban J connectivity index is 2.56. The molecule has 0 saturated carbocycles. The summed E-state index contributed by atoms with van der Waals surface area (Å²) in [6.45, 7) is 5.99. The van der Waals surface area contributed by atoms with Crippen molar-refractivity contribution in [1.82, 2.24) is 5.32 Å². The number of amides is 1. The van der Waals surface area contributed by atoms with Crippen LogP contribution in [0.3, 0.4) is 0 Å². The molecule has 1 rings (SSSR count). The second kappa shape index (κ2) is 6.15. The fraction of sp³-hybridized carbons (Fsp3) is 0.462. The molecule has 1 N–H and O–H groups in total. The molecule has 0 bridgehead atoms. The van der Waals surface area contributed by atoms with Gasteiger partial charge in [-0.25, -0.2) is 4.39 Å². The van der Waals surface area contributed by atoms with Crippen molar-refractivity contribution in [3.05, 3.63) is 35.1 Å². The summed E-state index contributed by atoms with van der Waals surface area (Å²) >= 11 is 3.32. The Morgan fingerprint density at radius 3 is 2.65 bits per heavy atom. The van der Waals surface area contributed by atoms with E-state index in [0.29, 0.717) is 12.1 Å². The number of aryl methyl sites for hydroxylation is 1. The molecule has 0 aliphatic carbocycles. The standard InChI is InChI=1S/C13H17BrFNO/c1-8(2)12(14)13(17)16-7-10-5-4-9(3)11(15)6-10/h4-6,8,12H,7H2,1-3H3,(H,16,17). The second-order valence-electron chi connectivity index (χ2n) is 4.45. The Morgan fingerprint density at radius 1 is 1.47 bits per heavy atom. The SMILES string of the molecule is Cc1ccc(CNC(=O)C(Br)C(C)C)cc1F. The largest absolute Gasteiger partial charge is 0.351 e. The topological polar surface area (TPSA) is 29.1 Å². The van der Waals surface area contributed by atoms with Crippen molar-refractivity contribution in [2.24, 2.45) is 5.92 Å². The number of benzene rings is 1. The Labute approximate surface area is 110 Å². The van der Waals surface area contributed by atoms with Gasteiger partial charge >= 0.3 is 0 Å². The van der Waals surface area contributed by atoms with Crippen molar-refractivity contribution in [3.63, 3.8) is 0 Å². The lowest BCUT2D eigenvalue weighted by Crippen LogP contribution is -2.33. The van der Waals surface area contributed by atoms with Crippen LogP contribution in [0.15, 0.2) is 18.2 Å². The van der Waals surface area contributed by atoms with Crippen molar-refractivity contribution in [2.75, 3.05) is 0 Å². The predicted octanol–water partition coefficient (Wildman–Crippen LogP) is 3.17. The van der Waals surface area contributed by atoms with Gasteiger partial charge in [-0.15, -0.1) is 0 Å². The molecule has 0 spiro atoms. The van der Waals surface area contributed by atoms with Gasteiger partial charge in [0.05, 0.1) is 4.83 Å². The molecule has 0 aliphatic rings. The average molecular weight is 302 g/mol. The summed E-state index contributed by atoms with van der Waals surface area (Å²) in [5, 5.41) is 2.77. The number of carbonyl (C=O) groups excluding carboxylic acids is 1.